The van der Waals surface area contributed by atoms with Crippen molar-refractivity contribution >= 4 is 44.6 Å². The van der Waals surface area contributed by atoms with E-state index in [1.165, 1.54) is 6.07 Å². The number of halogens is 2. The number of rotatable bonds is 4. The van der Waals surface area contributed by atoms with Crippen LogP contribution in [-0.2, 0) is 10.0 Å². The first-order valence-corrected chi connectivity index (χ1v) is 8.12. The van der Waals surface area contributed by atoms with Crippen LogP contribution in [0.5, 0.6) is 0 Å². The van der Waals surface area contributed by atoms with Gasteiger partial charge in [0.1, 0.15) is 9.23 Å². The van der Waals surface area contributed by atoms with Crippen LogP contribution in [0.25, 0.3) is 0 Å². The van der Waals surface area contributed by atoms with Gasteiger partial charge in [0, 0.05) is 6.54 Å². The number of hydrogen-bond acceptors (Lipinski definition) is 3. The number of thiophene rings is 1. The zero-order valence-corrected chi connectivity index (χ0v) is 13.0. The second-order valence-corrected chi connectivity index (χ2v) is 8.92. The molecule has 7 heteroatoms. The first-order chi connectivity index (χ1) is 7.62. The smallest absolute Gasteiger partial charge is 0.211 e. The van der Waals surface area contributed by atoms with Gasteiger partial charge in [0.2, 0.25) is 10.0 Å². The summed E-state index contributed by atoms with van der Waals surface area (Å²) >= 11 is 12.6. The van der Waals surface area contributed by atoms with E-state index in [4.69, 9.17) is 23.2 Å². The summed E-state index contributed by atoms with van der Waals surface area (Å²) in [6.07, 6.45) is 0.752. The fourth-order valence-corrected chi connectivity index (χ4v) is 4.33. The Bertz CT molecular complexity index is 489. The molecule has 1 aromatic rings. The topological polar surface area (TPSA) is 46.2 Å². The molecule has 0 atom stereocenters. The summed E-state index contributed by atoms with van der Waals surface area (Å²) < 4.78 is 26.9. The van der Waals surface area contributed by atoms with Crippen molar-refractivity contribution in [3.63, 3.8) is 0 Å². The van der Waals surface area contributed by atoms with Gasteiger partial charge in [-0.05, 0) is 17.9 Å². The maximum absolute atomic E-state index is 11.9. The van der Waals surface area contributed by atoms with Crippen LogP contribution in [0.3, 0.4) is 0 Å². The Morgan fingerprint density at radius 3 is 2.35 bits per heavy atom. The molecule has 0 bridgehead atoms. The molecule has 17 heavy (non-hydrogen) atoms. The SMILES string of the molecule is CC(C)(C)CCNS(=O)(=O)c1cc(Cl)sc1Cl. The third kappa shape index (κ3) is 4.75. The standard InChI is InChI=1S/C10H15Cl2NO2S2/c1-10(2,3)4-5-13-17(14,15)7-6-8(11)16-9(7)12/h6,13H,4-5H2,1-3H3. The van der Waals surface area contributed by atoms with E-state index < -0.39 is 10.0 Å². The lowest BCUT2D eigenvalue weighted by Gasteiger charge is -2.17. The molecular formula is C10H15Cl2NO2S2. The zero-order chi connectivity index (χ0) is 13.3. The van der Waals surface area contributed by atoms with Gasteiger partial charge in [-0.25, -0.2) is 13.1 Å². The Labute approximate surface area is 116 Å². The molecule has 1 rings (SSSR count). The predicted molar refractivity (Wildman–Crippen MR) is 73.6 cm³/mol. The normalized spacial score (nSPS) is 13.0. The highest BCUT2D eigenvalue weighted by Gasteiger charge is 2.21. The highest BCUT2D eigenvalue weighted by Crippen LogP contribution is 2.34. The molecule has 3 nitrogen and oxygen atoms in total. The minimum Gasteiger partial charge on any atom is -0.211 e. The highest BCUT2D eigenvalue weighted by molar-refractivity contribution is 7.89. The molecule has 0 aliphatic carbocycles. The Kier molecular flexibility index (Phi) is 4.88. The maximum Gasteiger partial charge on any atom is 0.242 e. The minimum absolute atomic E-state index is 0.0584. The summed E-state index contributed by atoms with van der Waals surface area (Å²) in [7, 11) is -3.55. The summed E-state index contributed by atoms with van der Waals surface area (Å²) in [6.45, 7) is 6.54. The van der Waals surface area contributed by atoms with Crippen LogP contribution in [0.1, 0.15) is 27.2 Å². The van der Waals surface area contributed by atoms with E-state index in [0.717, 1.165) is 17.8 Å². The lowest BCUT2D eigenvalue weighted by atomic mass is 9.93. The fraction of sp³-hybridized carbons (Fsp3) is 0.600. The predicted octanol–water partition coefficient (Wildman–Crippen LogP) is 3.77. The molecule has 0 aliphatic rings. The van der Waals surface area contributed by atoms with Gasteiger partial charge in [0.25, 0.3) is 0 Å². The molecule has 1 aromatic heterocycles. The average molecular weight is 316 g/mol. The summed E-state index contributed by atoms with van der Waals surface area (Å²) in [6, 6.07) is 1.37. The van der Waals surface area contributed by atoms with Crippen molar-refractivity contribution in [2.45, 2.75) is 32.1 Å². The lowest BCUT2D eigenvalue weighted by molar-refractivity contribution is 0.378. The average Bonchev–Trinajstić information content (AvgIpc) is 2.43. The number of hydrogen-bond donors (Lipinski definition) is 1. The summed E-state index contributed by atoms with van der Waals surface area (Å²) in [5.74, 6) is 0. The molecule has 0 saturated carbocycles. The second-order valence-electron chi connectivity index (χ2n) is 4.90. The summed E-state index contributed by atoms with van der Waals surface area (Å²) in [5.41, 5.74) is 0.0820. The van der Waals surface area contributed by atoms with Crippen molar-refractivity contribution in [1.29, 1.82) is 0 Å². The van der Waals surface area contributed by atoms with E-state index in [0.29, 0.717) is 10.9 Å². The van der Waals surface area contributed by atoms with Gasteiger partial charge >= 0.3 is 0 Å². The van der Waals surface area contributed by atoms with Gasteiger partial charge in [-0.1, -0.05) is 44.0 Å². The minimum atomic E-state index is -3.55. The Morgan fingerprint density at radius 1 is 1.35 bits per heavy atom. The molecule has 0 unspecified atom stereocenters. The van der Waals surface area contributed by atoms with Crippen LogP contribution in [-0.4, -0.2) is 15.0 Å². The van der Waals surface area contributed by atoms with Crippen LogP contribution >= 0.6 is 34.5 Å². The van der Waals surface area contributed by atoms with Crippen molar-refractivity contribution in [2.24, 2.45) is 5.41 Å². The Balaban J connectivity index is 2.73. The molecule has 0 aromatic carbocycles. The van der Waals surface area contributed by atoms with Crippen molar-refractivity contribution < 1.29 is 8.42 Å². The third-order valence-electron chi connectivity index (χ3n) is 2.08. The Morgan fingerprint density at radius 2 is 1.94 bits per heavy atom. The molecule has 0 amide bonds. The first-order valence-electron chi connectivity index (χ1n) is 5.06. The van der Waals surface area contributed by atoms with Crippen LogP contribution in [0, 0.1) is 5.41 Å². The van der Waals surface area contributed by atoms with Gasteiger partial charge in [0.15, 0.2) is 0 Å². The summed E-state index contributed by atoms with van der Waals surface area (Å²) in [4.78, 5) is 0.0584. The van der Waals surface area contributed by atoms with E-state index in [1.807, 2.05) is 0 Å². The van der Waals surface area contributed by atoms with Gasteiger partial charge in [-0.2, -0.15) is 0 Å². The van der Waals surface area contributed by atoms with Crippen LogP contribution in [0.4, 0.5) is 0 Å². The van der Waals surface area contributed by atoms with Crippen molar-refractivity contribution in [3.8, 4) is 0 Å². The molecule has 0 aliphatic heterocycles. The van der Waals surface area contributed by atoms with Gasteiger partial charge in [-0.15, -0.1) is 11.3 Å². The molecule has 0 fully saturated rings. The number of nitrogens with one attached hydrogen (secondary N) is 1. The van der Waals surface area contributed by atoms with Gasteiger partial charge in [-0.3, -0.25) is 0 Å². The zero-order valence-electron chi connectivity index (χ0n) is 9.88. The number of sulfonamides is 1. The highest BCUT2D eigenvalue weighted by atomic mass is 35.5. The van der Waals surface area contributed by atoms with E-state index in [9.17, 15) is 8.42 Å². The van der Waals surface area contributed by atoms with Crippen LogP contribution in [0.2, 0.25) is 8.67 Å². The van der Waals surface area contributed by atoms with Crippen molar-refractivity contribution in [1.82, 2.24) is 4.72 Å². The van der Waals surface area contributed by atoms with Crippen molar-refractivity contribution in [3.05, 3.63) is 14.7 Å². The molecular weight excluding hydrogens is 301 g/mol. The second kappa shape index (κ2) is 5.45. The maximum atomic E-state index is 11.9. The third-order valence-corrected chi connectivity index (χ3v) is 5.30. The molecule has 0 radical (unpaired) electrons. The van der Waals surface area contributed by atoms with E-state index in [2.05, 4.69) is 25.5 Å². The lowest BCUT2D eigenvalue weighted by Crippen LogP contribution is -2.27. The van der Waals surface area contributed by atoms with Gasteiger partial charge < -0.3 is 0 Å². The Hall–Kier alpha value is 0.190. The fourth-order valence-electron chi connectivity index (χ4n) is 1.15. The molecule has 98 valence electrons. The molecule has 1 heterocycles. The van der Waals surface area contributed by atoms with Crippen LogP contribution < -0.4 is 4.72 Å². The monoisotopic (exact) mass is 315 g/mol. The van der Waals surface area contributed by atoms with E-state index >= 15 is 0 Å². The van der Waals surface area contributed by atoms with E-state index in [1.54, 1.807) is 0 Å². The molecule has 0 spiro atoms. The van der Waals surface area contributed by atoms with Gasteiger partial charge in [0.05, 0.1) is 4.34 Å². The largest absolute Gasteiger partial charge is 0.242 e. The van der Waals surface area contributed by atoms with E-state index in [-0.39, 0.29) is 14.6 Å². The molecule has 0 saturated heterocycles. The summed E-state index contributed by atoms with van der Waals surface area (Å²) in [5, 5.41) is 0. The van der Waals surface area contributed by atoms with Crippen molar-refractivity contribution in [2.75, 3.05) is 6.54 Å². The first kappa shape index (κ1) is 15.2. The quantitative estimate of drug-likeness (QED) is 0.919. The van der Waals surface area contributed by atoms with Crippen LogP contribution in [0.15, 0.2) is 11.0 Å². The molecule has 1 N–H and O–H groups in total.